The minimum atomic E-state index is -0.370. The smallest absolute Gasteiger partial charge is 0.0961 e. The average Bonchev–Trinajstić information content (AvgIpc) is 1.38. The predicted octanol–water partition coefficient (Wildman–Crippen LogP) is 1.69. The van der Waals surface area contributed by atoms with Gasteiger partial charge in [-0.25, -0.2) is 4.39 Å². The normalized spacial score (nSPS) is 12.2. The van der Waals surface area contributed by atoms with Gasteiger partial charge in [-0.2, -0.15) is 0 Å². The van der Waals surface area contributed by atoms with Crippen LogP contribution in [0.5, 0.6) is 0 Å². The Labute approximate surface area is 31.3 Å². The number of hydrogen-bond acceptors (Lipinski definition) is 0. The van der Waals surface area contributed by atoms with E-state index in [1.807, 2.05) is 0 Å². The van der Waals surface area contributed by atoms with Crippen LogP contribution in [-0.2, 0) is 0 Å². The van der Waals surface area contributed by atoms with Gasteiger partial charge in [0.25, 0.3) is 0 Å². The highest BCUT2D eigenvalue weighted by atomic mass is 19.1. The molecule has 0 heterocycles. The molecule has 0 bridgehead atoms. The van der Waals surface area contributed by atoms with Crippen molar-refractivity contribution in [3.05, 3.63) is 18.8 Å². The molecule has 0 N–H and O–H groups in total. The molecule has 0 saturated carbocycles. The van der Waals surface area contributed by atoms with Gasteiger partial charge in [0.1, 0.15) is 0 Å². The van der Waals surface area contributed by atoms with Crippen molar-refractivity contribution in [3.8, 4) is 0 Å². The third-order valence-electron chi connectivity index (χ3n) is 0.313. The van der Waals surface area contributed by atoms with E-state index in [9.17, 15) is 4.39 Å². The topological polar surface area (TPSA) is 0 Å². The van der Waals surface area contributed by atoms with Crippen LogP contribution in [0.25, 0.3) is 0 Å². The van der Waals surface area contributed by atoms with Crippen LogP contribution < -0.4 is 0 Å². The lowest BCUT2D eigenvalue weighted by Crippen LogP contribution is -1.49. The molecular formula is C4H6F. The Balaban J connectivity index is 3.14. The Morgan fingerprint density at radius 1 is 2.00 bits per heavy atom. The van der Waals surface area contributed by atoms with E-state index in [-0.39, 0.29) is 5.83 Å². The lowest BCUT2D eigenvalue weighted by Gasteiger charge is -1.68. The molecule has 0 rings (SSSR count). The summed E-state index contributed by atoms with van der Waals surface area (Å²) in [6, 6.07) is 0. The van der Waals surface area contributed by atoms with E-state index < -0.39 is 0 Å². The molecule has 0 fully saturated rings. The Morgan fingerprint density at radius 2 is 2.20 bits per heavy atom. The third-order valence-corrected chi connectivity index (χ3v) is 0.313. The Morgan fingerprint density at radius 3 is 2.20 bits per heavy atom. The maximum absolute atomic E-state index is 11.2. The second-order valence-corrected chi connectivity index (χ2v) is 0.736. The van der Waals surface area contributed by atoms with E-state index in [0.717, 1.165) is 0 Å². The molecule has 0 saturated heterocycles. The molecule has 0 unspecified atom stereocenters. The number of halogens is 1. The van der Waals surface area contributed by atoms with Crippen LogP contribution in [0, 0.1) is 6.92 Å². The fourth-order valence-corrected chi connectivity index (χ4v) is 0. The first-order chi connectivity index (χ1) is 2.27. The minimum absolute atomic E-state index is 0.370. The monoisotopic (exact) mass is 73.0 g/mol. The standard InChI is InChI=1S/C4H6F/c1-3-4(2)5/h3H,2H2,1H3/b4-3-. The SMILES string of the molecule is [CH2]/C(F)=C/C. The van der Waals surface area contributed by atoms with E-state index in [2.05, 4.69) is 6.92 Å². The summed E-state index contributed by atoms with van der Waals surface area (Å²) in [6.07, 6.45) is 1.31. The van der Waals surface area contributed by atoms with Crippen LogP contribution in [0.3, 0.4) is 0 Å². The summed E-state index contributed by atoms with van der Waals surface area (Å²) in [5.41, 5.74) is 0. The van der Waals surface area contributed by atoms with E-state index in [1.165, 1.54) is 6.08 Å². The summed E-state index contributed by atoms with van der Waals surface area (Å²) in [7, 11) is 0. The number of allylic oxidation sites excluding steroid dienone is 2. The van der Waals surface area contributed by atoms with Gasteiger partial charge in [-0.15, -0.1) is 0 Å². The molecule has 0 amide bonds. The molecule has 5 heavy (non-hydrogen) atoms. The molecule has 0 spiro atoms. The highest BCUT2D eigenvalue weighted by molar-refractivity contribution is 4.90. The van der Waals surface area contributed by atoms with Gasteiger partial charge in [0, 0.05) is 6.92 Å². The Kier molecular flexibility index (Phi) is 1.81. The second kappa shape index (κ2) is 1.94. The van der Waals surface area contributed by atoms with Crippen molar-refractivity contribution in [2.24, 2.45) is 0 Å². The molecule has 1 radical (unpaired) electrons. The van der Waals surface area contributed by atoms with Gasteiger partial charge in [-0.05, 0) is 6.92 Å². The van der Waals surface area contributed by atoms with E-state index in [4.69, 9.17) is 0 Å². The fourth-order valence-electron chi connectivity index (χ4n) is 0. The molecule has 29 valence electrons. The zero-order valence-corrected chi connectivity index (χ0v) is 3.16. The third kappa shape index (κ3) is 3.67. The molecule has 0 aliphatic carbocycles. The van der Waals surface area contributed by atoms with Crippen molar-refractivity contribution >= 4 is 0 Å². The zero-order chi connectivity index (χ0) is 4.28. The van der Waals surface area contributed by atoms with Crippen molar-refractivity contribution in [2.75, 3.05) is 0 Å². The largest absolute Gasteiger partial charge is 0.212 e. The van der Waals surface area contributed by atoms with Gasteiger partial charge in [-0.1, -0.05) is 6.08 Å². The fraction of sp³-hybridized carbons (Fsp3) is 0.250. The molecule has 0 aromatic heterocycles. The predicted molar refractivity (Wildman–Crippen MR) is 20.2 cm³/mol. The van der Waals surface area contributed by atoms with Gasteiger partial charge in [-0.3, -0.25) is 0 Å². The quantitative estimate of drug-likeness (QED) is 0.409. The second-order valence-electron chi connectivity index (χ2n) is 0.736. The lowest BCUT2D eigenvalue weighted by molar-refractivity contribution is 0.663. The van der Waals surface area contributed by atoms with E-state index >= 15 is 0 Å². The van der Waals surface area contributed by atoms with Crippen LogP contribution in [0.15, 0.2) is 11.9 Å². The van der Waals surface area contributed by atoms with Crippen molar-refractivity contribution in [1.82, 2.24) is 0 Å². The molecule has 0 aliphatic rings. The van der Waals surface area contributed by atoms with Gasteiger partial charge < -0.3 is 0 Å². The summed E-state index contributed by atoms with van der Waals surface area (Å²) < 4.78 is 11.2. The van der Waals surface area contributed by atoms with Crippen LogP contribution in [0.2, 0.25) is 0 Å². The summed E-state index contributed by atoms with van der Waals surface area (Å²) >= 11 is 0. The van der Waals surface area contributed by atoms with E-state index in [0.29, 0.717) is 0 Å². The van der Waals surface area contributed by atoms with Crippen LogP contribution in [-0.4, -0.2) is 0 Å². The van der Waals surface area contributed by atoms with Gasteiger partial charge in [0.15, 0.2) is 0 Å². The maximum Gasteiger partial charge on any atom is 0.0961 e. The molecule has 0 aromatic carbocycles. The first-order valence-electron chi connectivity index (χ1n) is 1.41. The van der Waals surface area contributed by atoms with Crippen LogP contribution >= 0.6 is 0 Å². The van der Waals surface area contributed by atoms with Crippen molar-refractivity contribution in [2.45, 2.75) is 6.92 Å². The molecule has 0 aromatic rings. The van der Waals surface area contributed by atoms with Gasteiger partial charge >= 0.3 is 0 Å². The summed E-state index contributed by atoms with van der Waals surface area (Å²) in [6.45, 7) is 4.55. The highest BCUT2D eigenvalue weighted by Gasteiger charge is 1.67. The first-order valence-corrected chi connectivity index (χ1v) is 1.41. The molecule has 0 nitrogen and oxygen atoms in total. The van der Waals surface area contributed by atoms with Crippen LogP contribution in [0.1, 0.15) is 6.92 Å². The molecule has 0 aliphatic heterocycles. The van der Waals surface area contributed by atoms with Gasteiger partial charge in [0.2, 0.25) is 0 Å². The first kappa shape index (κ1) is 4.67. The zero-order valence-electron chi connectivity index (χ0n) is 3.16. The van der Waals surface area contributed by atoms with E-state index in [1.54, 1.807) is 6.92 Å². The van der Waals surface area contributed by atoms with Crippen molar-refractivity contribution in [1.29, 1.82) is 0 Å². The lowest BCUT2D eigenvalue weighted by atomic mass is 10.6. The minimum Gasteiger partial charge on any atom is -0.212 e. The molecule has 1 heteroatoms. The number of rotatable bonds is 0. The van der Waals surface area contributed by atoms with Crippen molar-refractivity contribution in [3.63, 3.8) is 0 Å². The summed E-state index contributed by atoms with van der Waals surface area (Å²) in [5, 5.41) is 0. The molecule has 0 atom stereocenters. The summed E-state index contributed by atoms with van der Waals surface area (Å²) in [4.78, 5) is 0. The number of hydrogen-bond donors (Lipinski definition) is 0. The van der Waals surface area contributed by atoms with Gasteiger partial charge in [0.05, 0.1) is 5.83 Å². The van der Waals surface area contributed by atoms with Crippen LogP contribution in [0.4, 0.5) is 4.39 Å². The molecular weight excluding hydrogens is 67.0 g/mol. The average molecular weight is 73.1 g/mol. The summed E-state index contributed by atoms with van der Waals surface area (Å²) in [5.74, 6) is -0.370. The van der Waals surface area contributed by atoms with Crippen molar-refractivity contribution < 1.29 is 4.39 Å². The maximum atomic E-state index is 11.2. The Hall–Kier alpha value is -0.330. The highest BCUT2D eigenvalue weighted by Crippen LogP contribution is 1.86. The Bertz CT molecular complexity index is 41.6.